The molecule has 0 N–H and O–H groups in total. The van der Waals surface area contributed by atoms with E-state index in [0.717, 1.165) is 66.0 Å². The molecule has 1 saturated carbocycles. The van der Waals surface area contributed by atoms with Gasteiger partial charge in [-0.1, -0.05) is 12.1 Å². The zero-order valence-electron chi connectivity index (χ0n) is 17.3. The van der Waals surface area contributed by atoms with E-state index in [1.54, 1.807) is 6.33 Å². The molecular formula is C25H24N4O2. The number of carbonyl (C=O) groups is 1. The fourth-order valence-corrected chi connectivity index (χ4v) is 4.30. The summed E-state index contributed by atoms with van der Waals surface area (Å²) in [5.41, 5.74) is 3.25. The standard InChI is InChI=1S/C25H24N4O2/c30-25(28-12-1-2-13-28)20-5-3-4-18-8-11-23(27-24(18)20)29-16-26-21-14-19(9-10-22(21)29)31-15-17-6-7-17/h3-5,8-11,14,16-17H,1-2,6-7,12-13,15H2. The molecule has 2 aromatic carbocycles. The third-order valence-electron chi connectivity index (χ3n) is 6.28. The van der Waals surface area contributed by atoms with E-state index in [1.165, 1.54) is 12.8 Å². The fourth-order valence-electron chi connectivity index (χ4n) is 4.30. The topological polar surface area (TPSA) is 60.3 Å². The van der Waals surface area contributed by atoms with Crippen LogP contribution in [0.1, 0.15) is 36.0 Å². The van der Waals surface area contributed by atoms with Crippen LogP contribution in [0, 0.1) is 5.92 Å². The van der Waals surface area contributed by atoms with Gasteiger partial charge in [-0.2, -0.15) is 0 Å². The second-order valence-corrected chi connectivity index (χ2v) is 8.57. The number of pyridine rings is 1. The summed E-state index contributed by atoms with van der Waals surface area (Å²) in [6, 6.07) is 15.8. The number of hydrogen-bond donors (Lipinski definition) is 0. The maximum Gasteiger partial charge on any atom is 0.256 e. The monoisotopic (exact) mass is 412 g/mol. The molecular weight excluding hydrogens is 388 g/mol. The predicted molar refractivity (Wildman–Crippen MR) is 120 cm³/mol. The molecule has 0 unspecified atom stereocenters. The highest BCUT2D eigenvalue weighted by molar-refractivity contribution is 6.05. The molecule has 1 aliphatic heterocycles. The molecule has 1 amide bonds. The molecule has 1 saturated heterocycles. The van der Waals surface area contributed by atoms with Crippen molar-refractivity contribution in [2.24, 2.45) is 5.92 Å². The molecule has 1 aliphatic carbocycles. The fraction of sp³-hybridized carbons (Fsp3) is 0.320. The molecule has 0 spiro atoms. The third-order valence-corrected chi connectivity index (χ3v) is 6.28. The molecule has 3 heterocycles. The zero-order valence-corrected chi connectivity index (χ0v) is 17.3. The van der Waals surface area contributed by atoms with Gasteiger partial charge in [-0.3, -0.25) is 9.36 Å². The van der Waals surface area contributed by atoms with Crippen LogP contribution in [0.5, 0.6) is 5.75 Å². The number of hydrogen-bond acceptors (Lipinski definition) is 4. The number of amides is 1. The maximum absolute atomic E-state index is 13.1. The summed E-state index contributed by atoms with van der Waals surface area (Å²) < 4.78 is 7.86. The van der Waals surface area contributed by atoms with Crippen LogP contribution in [0.15, 0.2) is 54.9 Å². The number of aromatic nitrogens is 3. The Morgan fingerprint density at radius 1 is 1.06 bits per heavy atom. The Bertz CT molecular complexity index is 1290. The van der Waals surface area contributed by atoms with E-state index in [1.807, 2.05) is 58.0 Å². The highest BCUT2D eigenvalue weighted by Gasteiger charge is 2.23. The van der Waals surface area contributed by atoms with E-state index in [0.29, 0.717) is 11.5 Å². The van der Waals surface area contributed by atoms with Gasteiger partial charge in [-0.15, -0.1) is 0 Å². The van der Waals surface area contributed by atoms with Crippen molar-refractivity contribution < 1.29 is 9.53 Å². The number of benzene rings is 2. The minimum atomic E-state index is 0.0701. The van der Waals surface area contributed by atoms with E-state index in [4.69, 9.17) is 9.72 Å². The summed E-state index contributed by atoms with van der Waals surface area (Å²) in [6.45, 7) is 2.44. The average molecular weight is 412 g/mol. The lowest BCUT2D eigenvalue weighted by atomic mass is 10.1. The molecule has 0 bridgehead atoms. The number of likely N-dealkylation sites (tertiary alicyclic amines) is 1. The summed E-state index contributed by atoms with van der Waals surface area (Å²) in [4.78, 5) is 24.5. The Morgan fingerprint density at radius 3 is 2.77 bits per heavy atom. The second-order valence-electron chi connectivity index (χ2n) is 8.57. The maximum atomic E-state index is 13.1. The number of imidazole rings is 1. The van der Waals surface area contributed by atoms with Crippen LogP contribution >= 0.6 is 0 Å². The van der Waals surface area contributed by atoms with Gasteiger partial charge in [0, 0.05) is 24.5 Å². The molecule has 2 aromatic heterocycles. The van der Waals surface area contributed by atoms with Gasteiger partial charge in [0.05, 0.1) is 28.7 Å². The van der Waals surface area contributed by atoms with Gasteiger partial charge in [-0.05, 0) is 61.9 Å². The van der Waals surface area contributed by atoms with Crippen molar-refractivity contribution in [3.63, 3.8) is 0 Å². The van der Waals surface area contributed by atoms with Crippen LogP contribution in [0.4, 0.5) is 0 Å². The summed E-state index contributed by atoms with van der Waals surface area (Å²) in [5, 5.41) is 0.967. The SMILES string of the molecule is O=C(c1cccc2ccc(-n3cnc4cc(OCC5CC5)ccc43)nc12)N1CCCC1. The van der Waals surface area contributed by atoms with Crippen molar-refractivity contribution in [2.75, 3.05) is 19.7 Å². The first-order valence-electron chi connectivity index (χ1n) is 11.1. The minimum absolute atomic E-state index is 0.0701. The van der Waals surface area contributed by atoms with Crippen LogP contribution in [-0.2, 0) is 0 Å². The smallest absolute Gasteiger partial charge is 0.256 e. The molecule has 2 aliphatic rings. The van der Waals surface area contributed by atoms with Crippen LogP contribution in [0.25, 0.3) is 27.8 Å². The van der Waals surface area contributed by atoms with Gasteiger partial charge in [0.15, 0.2) is 0 Å². The van der Waals surface area contributed by atoms with Gasteiger partial charge in [0.25, 0.3) is 5.91 Å². The number of carbonyl (C=O) groups excluding carboxylic acids is 1. The molecule has 6 nitrogen and oxygen atoms in total. The number of fused-ring (bicyclic) bond motifs is 2. The molecule has 31 heavy (non-hydrogen) atoms. The first-order chi connectivity index (χ1) is 15.3. The van der Waals surface area contributed by atoms with Gasteiger partial charge in [-0.25, -0.2) is 9.97 Å². The number of nitrogens with zero attached hydrogens (tertiary/aromatic N) is 4. The molecule has 0 atom stereocenters. The molecule has 156 valence electrons. The third kappa shape index (κ3) is 3.42. The van der Waals surface area contributed by atoms with Gasteiger partial charge in [0.1, 0.15) is 17.9 Å². The van der Waals surface area contributed by atoms with Crippen LogP contribution in [0.2, 0.25) is 0 Å². The van der Waals surface area contributed by atoms with Gasteiger partial charge < -0.3 is 9.64 Å². The van der Waals surface area contributed by atoms with Crippen molar-refractivity contribution in [3.05, 3.63) is 60.4 Å². The lowest BCUT2D eigenvalue weighted by molar-refractivity contribution is 0.0794. The Morgan fingerprint density at radius 2 is 1.94 bits per heavy atom. The quantitative estimate of drug-likeness (QED) is 0.481. The minimum Gasteiger partial charge on any atom is -0.493 e. The highest BCUT2D eigenvalue weighted by Crippen LogP contribution is 2.30. The average Bonchev–Trinajstić information content (AvgIpc) is 3.30. The molecule has 6 heteroatoms. The highest BCUT2D eigenvalue weighted by atomic mass is 16.5. The van der Waals surface area contributed by atoms with Gasteiger partial charge >= 0.3 is 0 Å². The summed E-state index contributed by atoms with van der Waals surface area (Å²) in [5.74, 6) is 2.39. The lowest BCUT2D eigenvalue weighted by Crippen LogP contribution is -2.27. The van der Waals surface area contributed by atoms with E-state index in [-0.39, 0.29) is 5.91 Å². The van der Waals surface area contributed by atoms with Crippen molar-refractivity contribution >= 4 is 27.8 Å². The number of ether oxygens (including phenoxy) is 1. The lowest BCUT2D eigenvalue weighted by Gasteiger charge is -2.16. The van der Waals surface area contributed by atoms with Crippen LogP contribution in [-0.4, -0.2) is 45.0 Å². The van der Waals surface area contributed by atoms with E-state index >= 15 is 0 Å². The summed E-state index contributed by atoms with van der Waals surface area (Å²) in [7, 11) is 0. The number of rotatable bonds is 5. The molecule has 0 radical (unpaired) electrons. The molecule has 4 aromatic rings. The first kappa shape index (κ1) is 18.4. The van der Waals surface area contributed by atoms with Crippen LogP contribution < -0.4 is 4.74 Å². The zero-order chi connectivity index (χ0) is 20.8. The van der Waals surface area contributed by atoms with E-state index in [9.17, 15) is 4.79 Å². The molecule has 6 rings (SSSR count). The largest absolute Gasteiger partial charge is 0.493 e. The van der Waals surface area contributed by atoms with Crippen molar-refractivity contribution in [2.45, 2.75) is 25.7 Å². The molecule has 2 fully saturated rings. The first-order valence-corrected chi connectivity index (χ1v) is 11.1. The normalized spacial score (nSPS) is 16.3. The Kier molecular flexibility index (Phi) is 4.37. The van der Waals surface area contributed by atoms with Gasteiger partial charge in [0.2, 0.25) is 0 Å². The van der Waals surface area contributed by atoms with Crippen molar-refractivity contribution in [1.29, 1.82) is 0 Å². The Hall–Kier alpha value is -3.41. The van der Waals surface area contributed by atoms with E-state index in [2.05, 4.69) is 4.98 Å². The van der Waals surface area contributed by atoms with Crippen molar-refractivity contribution in [3.8, 4) is 11.6 Å². The Balaban J connectivity index is 1.37. The van der Waals surface area contributed by atoms with Crippen LogP contribution in [0.3, 0.4) is 0 Å². The van der Waals surface area contributed by atoms with Crippen molar-refractivity contribution in [1.82, 2.24) is 19.4 Å². The number of para-hydroxylation sites is 1. The second kappa shape index (κ2) is 7.38. The van der Waals surface area contributed by atoms with E-state index < -0.39 is 0 Å². The summed E-state index contributed by atoms with van der Waals surface area (Å²) >= 11 is 0. The predicted octanol–water partition coefficient (Wildman–Crippen LogP) is 4.60. The summed E-state index contributed by atoms with van der Waals surface area (Å²) in [6.07, 6.45) is 6.47. The Labute approximate surface area is 180 Å².